The molecule has 5 atom stereocenters. The molecular weight excluding hydrogens is 793 g/mol. The zero-order valence-electron chi connectivity index (χ0n) is 34.9. The predicted octanol–water partition coefficient (Wildman–Crippen LogP) is 4.07. The molecule has 3 aromatic rings. The van der Waals surface area contributed by atoms with Crippen molar-refractivity contribution in [3.8, 4) is 22.9 Å². The highest BCUT2D eigenvalue weighted by Crippen LogP contribution is 2.46. The Morgan fingerprint density at radius 3 is 2.50 bits per heavy atom. The van der Waals surface area contributed by atoms with Crippen molar-refractivity contribution < 1.29 is 46.5 Å². The van der Waals surface area contributed by atoms with Gasteiger partial charge in [0.1, 0.15) is 35.1 Å². The first kappa shape index (κ1) is 42.7. The molecule has 3 N–H and O–H groups in total. The summed E-state index contributed by atoms with van der Waals surface area (Å²) in [4.78, 5) is 64.3. The third-order valence-electron chi connectivity index (χ3n) is 11.1. The van der Waals surface area contributed by atoms with E-state index in [2.05, 4.69) is 15.4 Å². The summed E-state index contributed by atoms with van der Waals surface area (Å²) in [6.07, 6.45) is 4.24. The van der Waals surface area contributed by atoms with Gasteiger partial charge in [0.05, 0.1) is 31.2 Å². The molecule has 7 rings (SSSR count). The van der Waals surface area contributed by atoms with Crippen LogP contribution in [-0.2, 0) is 33.9 Å². The van der Waals surface area contributed by atoms with Gasteiger partial charge in [0.15, 0.2) is 0 Å². The second-order valence-corrected chi connectivity index (χ2v) is 19.1. The van der Waals surface area contributed by atoms with Crippen LogP contribution in [0, 0.1) is 5.92 Å². The number of alkyl carbamates (subject to hydrolysis) is 1. The number of allylic oxidation sites excluding steroid dienone is 1. The third kappa shape index (κ3) is 9.62. The van der Waals surface area contributed by atoms with E-state index in [1.165, 1.54) is 4.90 Å². The van der Waals surface area contributed by atoms with Crippen molar-refractivity contribution in [2.24, 2.45) is 5.92 Å². The fraction of sp³-hybridized carbons (Fsp3) is 0.512. The summed E-state index contributed by atoms with van der Waals surface area (Å²) >= 11 is 0. The summed E-state index contributed by atoms with van der Waals surface area (Å²) in [5.41, 5.74) is 0.0534. The van der Waals surface area contributed by atoms with Gasteiger partial charge in [-0.2, -0.15) is 0 Å². The van der Waals surface area contributed by atoms with Crippen molar-refractivity contribution in [3.63, 3.8) is 0 Å². The first-order valence-electron chi connectivity index (χ1n) is 20.3. The normalized spacial score (nSPS) is 25.4. The maximum Gasteiger partial charge on any atom is 0.408 e. The number of methoxy groups -OCH3 is 1. The molecule has 0 radical (unpaired) electrons. The first-order valence-corrected chi connectivity index (χ1v) is 21.9. The van der Waals surface area contributed by atoms with E-state index in [1.807, 2.05) is 73.6 Å². The number of aromatic nitrogens is 1. The number of sulfonamides is 1. The number of hydrogen-bond donors (Lipinski definition) is 3. The van der Waals surface area contributed by atoms with Crippen molar-refractivity contribution in [3.05, 3.63) is 60.7 Å². The summed E-state index contributed by atoms with van der Waals surface area (Å²) in [6.45, 7) is 5.06. The lowest BCUT2D eigenvalue weighted by molar-refractivity contribution is -0.142. The number of carbonyl (C=O) groups excluding carboxylic acids is 4. The summed E-state index contributed by atoms with van der Waals surface area (Å²) < 4.78 is 51.7. The third-order valence-corrected chi connectivity index (χ3v) is 12.9. The highest BCUT2D eigenvalue weighted by Gasteiger charge is 2.62. The first-order chi connectivity index (χ1) is 28.5. The number of anilines is 1. The van der Waals surface area contributed by atoms with E-state index in [-0.39, 0.29) is 38.5 Å². The smallest absolute Gasteiger partial charge is 0.408 e. The van der Waals surface area contributed by atoms with Gasteiger partial charge in [0, 0.05) is 49.7 Å². The number of carbonyl (C=O) groups is 4. The fourth-order valence-electron chi connectivity index (χ4n) is 7.59. The van der Waals surface area contributed by atoms with Crippen LogP contribution in [0.25, 0.3) is 22.0 Å². The number of amides is 4. The molecule has 0 bridgehead atoms. The minimum absolute atomic E-state index is 0.0166. The predicted molar refractivity (Wildman–Crippen MR) is 224 cm³/mol. The van der Waals surface area contributed by atoms with Gasteiger partial charge in [-0.25, -0.2) is 18.2 Å². The average molecular weight is 847 g/mol. The van der Waals surface area contributed by atoms with Gasteiger partial charge < -0.3 is 39.4 Å². The molecule has 2 unspecified atom stereocenters. The Morgan fingerprint density at radius 2 is 1.82 bits per heavy atom. The number of hydrogen-bond acceptors (Lipinski definition) is 12. The molecule has 4 aliphatic rings. The fourth-order valence-corrected chi connectivity index (χ4v) is 8.95. The molecule has 3 fully saturated rings. The van der Waals surface area contributed by atoms with E-state index >= 15 is 0 Å². The topological polar surface area (TPSA) is 195 Å². The van der Waals surface area contributed by atoms with Crippen molar-refractivity contribution in [2.45, 2.75) is 93.9 Å². The van der Waals surface area contributed by atoms with Gasteiger partial charge in [0.25, 0.3) is 5.91 Å². The van der Waals surface area contributed by atoms with Crippen LogP contribution in [0.15, 0.2) is 60.7 Å². The largest absolute Gasteiger partial charge is 0.497 e. The lowest BCUT2D eigenvalue weighted by Crippen LogP contribution is -2.59. The molecule has 4 amide bonds. The molecule has 2 aliphatic heterocycles. The van der Waals surface area contributed by atoms with Crippen LogP contribution in [0.4, 0.5) is 10.5 Å². The monoisotopic (exact) mass is 846 g/mol. The van der Waals surface area contributed by atoms with Crippen molar-refractivity contribution in [1.29, 1.82) is 0 Å². The summed E-state index contributed by atoms with van der Waals surface area (Å²) in [5.74, 6) is -1.71. The molecular formula is C43H54N6O10S. The molecule has 322 valence electrons. The Bertz CT molecular complexity index is 2270. The number of nitrogens with zero attached hydrogens (tertiary/aromatic N) is 3. The number of ether oxygens (including phenoxy) is 4. The number of fused-ring (bicyclic) bond motifs is 3. The van der Waals surface area contributed by atoms with E-state index in [9.17, 15) is 27.6 Å². The van der Waals surface area contributed by atoms with E-state index in [0.29, 0.717) is 42.5 Å². The SMILES string of the molecule is COc1ccc2c(OC3C[C@H]4C(=O)N[C@]5(C(=O)NS(=O)(=O)C6CC6)CC5/C=C\CCCOC[C@H](NC(=O)OC(C)(C)C)C(=O)N4C3)nc(-c3ccc(N(C)C)cc3)cc2c1. The summed E-state index contributed by atoms with van der Waals surface area (Å²) in [7, 11) is 1.57. The molecule has 3 heterocycles. The van der Waals surface area contributed by atoms with E-state index in [4.69, 9.17) is 23.9 Å². The van der Waals surface area contributed by atoms with Gasteiger partial charge in [-0.1, -0.05) is 24.3 Å². The molecule has 2 aliphatic carbocycles. The molecule has 0 spiro atoms. The van der Waals surface area contributed by atoms with Crippen LogP contribution in [0.5, 0.6) is 11.6 Å². The summed E-state index contributed by atoms with van der Waals surface area (Å²) in [5, 5.41) is 6.32. The van der Waals surface area contributed by atoms with Crippen molar-refractivity contribution in [1.82, 2.24) is 25.2 Å². The van der Waals surface area contributed by atoms with E-state index in [1.54, 1.807) is 33.9 Å². The molecule has 16 nitrogen and oxygen atoms in total. The van der Waals surface area contributed by atoms with Gasteiger partial charge in [-0.05, 0) is 94.7 Å². The summed E-state index contributed by atoms with van der Waals surface area (Å²) in [6, 6.07) is 12.9. The highest BCUT2D eigenvalue weighted by molar-refractivity contribution is 7.91. The Labute approximate surface area is 350 Å². The van der Waals surface area contributed by atoms with Gasteiger partial charge in [-0.15, -0.1) is 0 Å². The number of nitrogens with one attached hydrogen (secondary N) is 3. The Morgan fingerprint density at radius 1 is 1.07 bits per heavy atom. The Hall–Kier alpha value is -5.42. The highest BCUT2D eigenvalue weighted by atomic mass is 32.2. The van der Waals surface area contributed by atoms with Crippen LogP contribution in [0.3, 0.4) is 0 Å². The zero-order valence-corrected chi connectivity index (χ0v) is 35.7. The standard InChI is InChI=1S/C43H54N6O10S/c1-42(2,3)59-41(53)45-35-25-57-19-9-7-8-10-28-23-43(28,40(52)47-60(54,55)32-16-17-32)46-37(50)36-22-31(24-49(36)39(35)51)58-38-33-18-15-30(56-6)20-27(33)21-34(44-38)26-11-13-29(14-12-26)48(4)5/h8,10-15,18,20-21,28,31-32,35-36H,7,9,16-17,19,22-25H2,1-6H3,(H,45,53)(H,46,50)(H,47,52)/b10-8-/t28?,31?,35-,36-,43+/m0/s1. The quantitative estimate of drug-likeness (QED) is 0.262. The molecule has 2 aromatic carbocycles. The van der Waals surface area contributed by atoms with Crippen molar-refractivity contribution >= 4 is 50.3 Å². The maximum atomic E-state index is 14.6. The van der Waals surface area contributed by atoms with E-state index < -0.39 is 74.3 Å². The minimum atomic E-state index is -3.93. The van der Waals surface area contributed by atoms with Gasteiger partial charge >= 0.3 is 6.09 Å². The van der Waals surface area contributed by atoms with E-state index in [0.717, 1.165) is 16.6 Å². The second kappa shape index (κ2) is 16.9. The molecule has 60 heavy (non-hydrogen) atoms. The zero-order chi connectivity index (χ0) is 43.0. The Kier molecular flexibility index (Phi) is 12.0. The van der Waals surface area contributed by atoms with Crippen LogP contribution in [0.2, 0.25) is 0 Å². The van der Waals surface area contributed by atoms with Crippen LogP contribution in [-0.4, -0.2) is 118 Å². The molecule has 2 saturated carbocycles. The lowest BCUT2D eigenvalue weighted by Gasteiger charge is -2.30. The number of rotatable bonds is 9. The van der Waals surface area contributed by atoms with Crippen molar-refractivity contribution in [2.75, 3.05) is 45.9 Å². The van der Waals surface area contributed by atoms with Gasteiger partial charge in [0.2, 0.25) is 27.7 Å². The van der Waals surface area contributed by atoms with Crippen LogP contribution in [0.1, 0.15) is 59.3 Å². The number of benzene rings is 2. The second-order valence-electron chi connectivity index (χ2n) is 17.1. The maximum absolute atomic E-state index is 14.6. The minimum Gasteiger partial charge on any atom is -0.497 e. The molecule has 1 aromatic heterocycles. The van der Waals surface area contributed by atoms with Gasteiger partial charge in [-0.3, -0.25) is 19.1 Å². The Balaban J connectivity index is 1.23. The lowest BCUT2D eigenvalue weighted by atomic mass is 10.1. The van der Waals surface area contributed by atoms with Crippen LogP contribution >= 0.6 is 0 Å². The number of pyridine rings is 1. The molecule has 17 heteroatoms. The van der Waals surface area contributed by atoms with Crippen LogP contribution < -0.4 is 29.7 Å². The molecule has 1 saturated heterocycles. The average Bonchev–Trinajstić information content (AvgIpc) is 4.12.